The van der Waals surface area contributed by atoms with Crippen LogP contribution in [-0.4, -0.2) is 4.98 Å². The maximum absolute atomic E-state index is 12.3. The van der Waals surface area contributed by atoms with Crippen molar-refractivity contribution in [3.05, 3.63) is 27.3 Å². The Labute approximate surface area is 70.6 Å². The van der Waals surface area contributed by atoms with Gasteiger partial charge >= 0.3 is 0 Å². The van der Waals surface area contributed by atoms with Crippen LogP contribution in [0.2, 0.25) is 0 Å². The zero-order valence-electron chi connectivity index (χ0n) is 4.94. The van der Waals surface area contributed by atoms with Gasteiger partial charge in [-0.05, 0) is 40.3 Å². The second kappa shape index (κ2) is 3.23. The van der Waals surface area contributed by atoms with E-state index in [0.717, 1.165) is 6.07 Å². The van der Waals surface area contributed by atoms with Gasteiger partial charge < -0.3 is 0 Å². The zero-order chi connectivity index (χ0) is 7.56. The van der Waals surface area contributed by atoms with Gasteiger partial charge in [0.25, 0.3) is 0 Å². The molecule has 0 amide bonds. The van der Waals surface area contributed by atoms with Crippen molar-refractivity contribution in [2.24, 2.45) is 0 Å². The number of aromatic nitrogens is 1. The maximum atomic E-state index is 12.3. The van der Waals surface area contributed by atoms with Gasteiger partial charge in [-0.15, -0.1) is 0 Å². The summed E-state index contributed by atoms with van der Waals surface area (Å²) in [7, 11) is 0. The standard InChI is InChI=1S/C6H4F2IN/c7-3-4-1-5(8)10-6(9)2-4/h1-2H,3H2. The van der Waals surface area contributed by atoms with E-state index in [2.05, 4.69) is 4.98 Å². The van der Waals surface area contributed by atoms with Crippen LogP contribution in [-0.2, 0) is 6.67 Å². The highest BCUT2D eigenvalue weighted by molar-refractivity contribution is 14.1. The van der Waals surface area contributed by atoms with Crippen LogP contribution in [0.3, 0.4) is 0 Å². The predicted molar refractivity (Wildman–Crippen MR) is 41.7 cm³/mol. The Hall–Kier alpha value is -0.260. The number of nitrogens with zero attached hydrogens (tertiary/aromatic N) is 1. The molecule has 0 fully saturated rings. The number of pyridine rings is 1. The summed E-state index contributed by atoms with van der Waals surface area (Å²) in [6.07, 6.45) is 0. The van der Waals surface area contributed by atoms with Crippen molar-refractivity contribution in [1.82, 2.24) is 4.98 Å². The molecule has 1 heterocycles. The molecule has 0 aliphatic heterocycles. The van der Waals surface area contributed by atoms with Crippen molar-refractivity contribution in [3.8, 4) is 0 Å². The molecule has 0 aliphatic rings. The minimum Gasteiger partial charge on any atom is -0.246 e. The van der Waals surface area contributed by atoms with Crippen LogP contribution in [0, 0.1) is 9.65 Å². The molecule has 0 spiro atoms. The lowest BCUT2D eigenvalue weighted by molar-refractivity contribution is 0.479. The molecule has 10 heavy (non-hydrogen) atoms. The maximum Gasteiger partial charge on any atom is 0.214 e. The Morgan fingerprint density at radius 2 is 2.20 bits per heavy atom. The molecule has 4 heteroatoms. The first-order valence-electron chi connectivity index (χ1n) is 2.60. The molecule has 0 radical (unpaired) electrons. The minimum atomic E-state index is -0.643. The fourth-order valence-electron chi connectivity index (χ4n) is 0.591. The van der Waals surface area contributed by atoms with Crippen LogP contribution < -0.4 is 0 Å². The first-order chi connectivity index (χ1) is 4.72. The Bertz CT molecular complexity index is 219. The Morgan fingerprint density at radius 3 is 2.70 bits per heavy atom. The fourth-order valence-corrected chi connectivity index (χ4v) is 1.22. The highest BCUT2D eigenvalue weighted by Crippen LogP contribution is 2.08. The van der Waals surface area contributed by atoms with Gasteiger partial charge in [0.1, 0.15) is 10.4 Å². The molecular weight excluding hydrogens is 251 g/mol. The van der Waals surface area contributed by atoms with Crippen molar-refractivity contribution in [2.45, 2.75) is 6.67 Å². The molecule has 0 unspecified atom stereocenters. The summed E-state index contributed by atoms with van der Waals surface area (Å²) < 4.78 is 24.7. The lowest BCUT2D eigenvalue weighted by atomic mass is 10.3. The topological polar surface area (TPSA) is 12.9 Å². The summed E-state index contributed by atoms with van der Waals surface area (Å²) in [4.78, 5) is 3.44. The lowest BCUT2D eigenvalue weighted by Gasteiger charge is -1.94. The van der Waals surface area contributed by atoms with Gasteiger partial charge in [0, 0.05) is 0 Å². The first kappa shape index (κ1) is 7.84. The monoisotopic (exact) mass is 255 g/mol. The summed E-state index contributed by atoms with van der Waals surface area (Å²) in [5.41, 5.74) is 0.330. The van der Waals surface area contributed by atoms with Crippen molar-refractivity contribution >= 4 is 22.6 Å². The lowest BCUT2D eigenvalue weighted by Crippen LogP contribution is -1.89. The molecule has 1 aromatic rings. The van der Waals surface area contributed by atoms with E-state index in [1.165, 1.54) is 6.07 Å². The van der Waals surface area contributed by atoms with E-state index < -0.39 is 12.6 Å². The molecule has 0 saturated carbocycles. The molecule has 0 N–H and O–H groups in total. The minimum absolute atomic E-state index is 0.330. The van der Waals surface area contributed by atoms with Crippen LogP contribution in [0.5, 0.6) is 0 Å². The third-order valence-electron chi connectivity index (χ3n) is 0.977. The second-order valence-corrected chi connectivity index (χ2v) is 2.86. The summed E-state index contributed by atoms with van der Waals surface area (Å²) >= 11 is 1.84. The summed E-state index contributed by atoms with van der Waals surface area (Å²) in [5.74, 6) is -0.625. The average molecular weight is 255 g/mol. The molecule has 0 saturated heterocycles. The predicted octanol–water partition coefficient (Wildman–Crippen LogP) is 2.29. The van der Waals surface area contributed by atoms with Crippen molar-refractivity contribution in [3.63, 3.8) is 0 Å². The van der Waals surface area contributed by atoms with Crippen molar-refractivity contribution < 1.29 is 8.78 Å². The molecule has 0 bridgehead atoms. The molecule has 54 valence electrons. The van der Waals surface area contributed by atoms with Crippen LogP contribution in [0.25, 0.3) is 0 Å². The molecule has 1 nitrogen and oxygen atoms in total. The summed E-state index contributed by atoms with van der Waals surface area (Å²) in [6.45, 7) is -0.643. The van der Waals surface area contributed by atoms with E-state index in [0.29, 0.717) is 9.26 Å². The van der Waals surface area contributed by atoms with E-state index in [1.807, 2.05) is 22.6 Å². The quantitative estimate of drug-likeness (QED) is 0.554. The Balaban J connectivity index is 3.06. The third kappa shape index (κ3) is 1.86. The number of hydrogen-bond donors (Lipinski definition) is 0. The van der Waals surface area contributed by atoms with Gasteiger partial charge in [0.2, 0.25) is 5.95 Å². The Kier molecular flexibility index (Phi) is 2.53. The molecule has 1 aromatic heterocycles. The highest BCUT2D eigenvalue weighted by atomic mass is 127. The number of hydrogen-bond acceptors (Lipinski definition) is 1. The van der Waals surface area contributed by atoms with Crippen molar-refractivity contribution in [1.29, 1.82) is 0 Å². The normalized spacial score (nSPS) is 9.90. The van der Waals surface area contributed by atoms with Gasteiger partial charge in [-0.3, -0.25) is 0 Å². The second-order valence-electron chi connectivity index (χ2n) is 1.75. The SMILES string of the molecule is FCc1cc(F)nc(I)c1. The van der Waals surface area contributed by atoms with Gasteiger partial charge in [0.15, 0.2) is 0 Å². The van der Waals surface area contributed by atoms with Gasteiger partial charge in [0.05, 0.1) is 0 Å². The van der Waals surface area contributed by atoms with Crippen LogP contribution in [0.4, 0.5) is 8.78 Å². The smallest absolute Gasteiger partial charge is 0.214 e. The van der Waals surface area contributed by atoms with E-state index in [9.17, 15) is 8.78 Å². The van der Waals surface area contributed by atoms with Crippen LogP contribution >= 0.6 is 22.6 Å². The molecule has 0 aromatic carbocycles. The van der Waals surface area contributed by atoms with E-state index in [-0.39, 0.29) is 0 Å². The van der Waals surface area contributed by atoms with Gasteiger partial charge in [-0.25, -0.2) is 9.37 Å². The summed E-state index contributed by atoms with van der Waals surface area (Å²) in [6, 6.07) is 2.59. The highest BCUT2D eigenvalue weighted by Gasteiger charge is 1.98. The third-order valence-corrected chi connectivity index (χ3v) is 1.53. The molecule has 1 rings (SSSR count). The number of halogens is 3. The summed E-state index contributed by atoms with van der Waals surface area (Å²) in [5, 5.41) is 0. The van der Waals surface area contributed by atoms with E-state index in [1.54, 1.807) is 0 Å². The first-order valence-corrected chi connectivity index (χ1v) is 3.68. The Morgan fingerprint density at radius 1 is 1.50 bits per heavy atom. The largest absolute Gasteiger partial charge is 0.246 e. The van der Waals surface area contributed by atoms with Gasteiger partial charge in [-0.2, -0.15) is 4.39 Å². The van der Waals surface area contributed by atoms with Crippen molar-refractivity contribution in [2.75, 3.05) is 0 Å². The number of rotatable bonds is 1. The number of alkyl halides is 1. The van der Waals surface area contributed by atoms with Crippen LogP contribution in [0.15, 0.2) is 12.1 Å². The zero-order valence-corrected chi connectivity index (χ0v) is 7.10. The van der Waals surface area contributed by atoms with E-state index in [4.69, 9.17) is 0 Å². The van der Waals surface area contributed by atoms with E-state index >= 15 is 0 Å². The fraction of sp³-hybridized carbons (Fsp3) is 0.167. The molecule has 0 aliphatic carbocycles. The molecular formula is C6H4F2IN. The van der Waals surface area contributed by atoms with Crippen LogP contribution in [0.1, 0.15) is 5.56 Å². The average Bonchev–Trinajstić information content (AvgIpc) is 1.85. The van der Waals surface area contributed by atoms with Gasteiger partial charge in [-0.1, -0.05) is 0 Å². The molecule has 0 atom stereocenters.